The van der Waals surface area contributed by atoms with Gasteiger partial charge in [-0.1, -0.05) is 6.07 Å². The fourth-order valence-electron chi connectivity index (χ4n) is 2.49. The number of Topliss-reactive ketones (excluding diaryl/α,β-unsaturated/α-hetero) is 1. The number of carbonyl (C=O) groups excluding carboxylic acids is 2. The van der Waals surface area contributed by atoms with Crippen molar-refractivity contribution in [1.82, 2.24) is 4.90 Å². The third kappa shape index (κ3) is 3.59. The van der Waals surface area contributed by atoms with E-state index in [1.807, 2.05) is 26.0 Å². The van der Waals surface area contributed by atoms with Crippen LogP contribution in [0.1, 0.15) is 30.9 Å². The first-order valence-corrected chi connectivity index (χ1v) is 7.01. The van der Waals surface area contributed by atoms with E-state index < -0.39 is 6.10 Å². The SMILES string of the molecule is Cc1cc(C)cc(OC(C)C(=O)N2CCC(=O)CC2)c1. The Morgan fingerprint density at radius 1 is 1.15 bits per heavy atom. The number of amides is 1. The molecule has 1 heterocycles. The van der Waals surface area contributed by atoms with Gasteiger partial charge in [0.1, 0.15) is 11.5 Å². The van der Waals surface area contributed by atoms with Gasteiger partial charge < -0.3 is 9.64 Å². The van der Waals surface area contributed by atoms with Crippen LogP contribution in [0.4, 0.5) is 0 Å². The molecule has 0 aromatic heterocycles. The molecule has 1 saturated heterocycles. The molecule has 1 atom stereocenters. The van der Waals surface area contributed by atoms with E-state index in [1.54, 1.807) is 11.8 Å². The Morgan fingerprint density at radius 3 is 2.25 bits per heavy atom. The molecule has 0 radical (unpaired) electrons. The van der Waals surface area contributed by atoms with E-state index in [1.165, 1.54) is 0 Å². The van der Waals surface area contributed by atoms with Crippen molar-refractivity contribution in [3.8, 4) is 5.75 Å². The molecule has 4 heteroatoms. The van der Waals surface area contributed by atoms with Gasteiger partial charge in [0.15, 0.2) is 6.10 Å². The second kappa shape index (κ2) is 6.07. The molecule has 0 N–H and O–H groups in total. The Bertz CT molecular complexity index is 494. The highest BCUT2D eigenvalue weighted by Gasteiger charge is 2.25. The molecule has 1 aliphatic rings. The zero-order chi connectivity index (χ0) is 14.7. The van der Waals surface area contributed by atoms with Gasteiger partial charge in [-0.05, 0) is 44.0 Å². The number of carbonyl (C=O) groups is 2. The second-order valence-electron chi connectivity index (χ2n) is 5.45. The quantitative estimate of drug-likeness (QED) is 0.850. The van der Waals surface area contributed by atoms with Gasteiger partial charge in [0, 0.05) is 25.9 Å². The van der Waals surface area contributed by atoms with Gasteiger partial charge in [-0.2, -0.15) is 0 Å². The second-order valence-corrected chi connectivity index (χ2v) is 5.45. The summed E-state index contributed by atoms with van der Waals surface area (Å²) in [6.07, 6.45) is 0.397. The Morgan fingerprint density at radius 2 is 1.70 bits per heavy atom. The average Bonchev–Trinajstić information content (AvgIpc) is 2.37. The van der Waals surface area contributed by atoms with E-state index in [0.717, 1.165) is 16.9 Å². The molecule has 108 valence electrons. The van der Waals surface area contributed by atoms with Crippen LogP contribution >= 0.6 is 0 Å². The maximum Gasteiger partial charge on any atom is 0.263 e. The monoisotopic (exact) mass is 275 g/mol. The third-order valence-electron chi connectivity index (χ3n) is 3.49. The summed E-state index contributed by atoms with van der Waals surface area (Å²) >= 11 is 0. The molecule has 2 rings (SSSR count). The molecule has 0 aliphatic carbocycles. The van der Waals surface area contributed by atoms with Gasteiger partial charge in [0.25, 0.3) is 5.91 Å². The minimum Gasteiger partial charge on any atom is -0.481 e. The first-order chi connectivity index (χ1) is 9.45. The third-order valence-corrected chi connectivity index (χ3v) is 3.49. The Kier molecular flexibility index (Phi) is 4.42. The lowest BCUT2D eigenvalue weighted by molar-refractivity contribution is -0.140. The van der Waals surface area contributed by atoms with Crippen molar-refractivity contribution in [2.24, 2.45) is 0 Å². The maximum absolute atomic E-state index is 12.3. The molecule has 1 amide bonds. The summed E-state index contributed by atoms with van der Waals surface area (Å²) in [6.45, 7) is 6.79. The molecule has 20 heavy (non-hydrogen) atoms. The smallest absolute Gasteiger partial charge is 0.263 e. The first kappa shape index (κ1) is 14.6. The van der Waals surface area contributed by atoms with Crippen molar-refractivity contribution >= 4 is 11.7 Å². The lowest BCUT2D eigenvalue weighted by Gasteiger charge is -2.28. The summed E-state index contributed by atoms with van der Waals surface area (Å²) in [5.41, 5.74) is 2.23. The molecule has 1 fully saturated rings. The van der Waals surface area contributed by atoms with E-state index in [-0.39, 0.29) is 11.7 Å². The minimum absolute atomic E-state index is 0.0448. The highest BCUT2D eigenvalue weighted by atomic mass is 16.5. The van der Waals surface area contributed by atoms with Crippen molar-refractivity contribution in [3.63, 3.8) is 0 Å². The van der Waals surface area contributed by atoms with Crippen LogP contribution in [0.2, 0.25) is 0 Å². The lowest BCUT2D eigenvalue weighted by atomic mass is 10.1. The van der Waals surface area contributed by atoms with Crippen molar-refractivity contribution in [2.45, 2.75) is 39.7 Å². The summed E-state index contributed by atoms with van der Waals surface area (Å²) in [6, 6.07) is 5.92. The van der Waals surface area contributed by atoms with Crippen LogP contribution in [0.3, 0.4) is 0 Å². The predicted molar refractivity (Wildman–Crippen MR) is 76.8 cm³/mol. The van der Waals surface area contributed by atoms with Crippen molar-refractivity contribution in [1.29, 1.82) is 0 Å². The molecule has 0 bridgehead atoms. The summed E-state index contributed by atoms with van der Waals surface area (Å²) in [5, 5.41) is 0. The molecule has 1 unspecified atom stereocenters. The number of hydrogen-bond donors (Lipinski definition) is 0. The van der Waals surface area contributed by atoms with E-state index in [0.29, 0.717) is 25.9 Å². The van der Waals surface area contributed by atoms with Crippen molar-refractivity contribution in [2.75, 3.05) is 13.1 Å². The predicted octanol–water partition coefficient (Wildman–Crippen LogP) is 2.26. The molecule has 0 saturated carbocycles. The lowest BCUT2D eigenvalue weighted by Crippen LogP contribution is -2.44. The van der Waals surface area contributed by atoms with Gasteiger partial charge in [-0.15, -0.1) is 0 Å². The highest BCUT2D eigenvalue weighted by Crippen LogP contribution is 2.18. The highest BCUT2D eigenvalue weighted by molar-refractivity contribution is 5.85. The van der Waals surface area contributed by atoms with Crippen LogP contribution in [-0.4, -0.2) is 35.8 Å². The van der Waals surface area contributed by atoms with Crippen molar-refractivity contribution in [3.05, 3.63) is 29.3 Å². The molecule has 1 aliphatic heterocycles. The zero-order valence-electron chi connectivity index (χ0n) is 12.3. The van der Waals surface area contributed by atoms with Gasteiger partial charge in [0.2, 0.25) is 0 Å². The van der Waals surface area contributed by atoms with E-state index in [9.17, 15) is 9.59 Å². The average molecular weight is 275 g/mol. The van der Waals surface area contributed by atoms with Gasteiger partial charge in [0.05, 0.1) is 0 Å². The van der Waals surface area contributed by atoms with Gasteiger partial charge >= 0.3 is 0 Å². The van der Waals surface area contributed by atoms with E-state index in [4.69, 9.17) is 4.74 Å². The number of likely N-dealkylation sites (tertiary alicyclic amines) is 1. The summed E-state index contributed by atoms with van der Waals surface area (Å²) in [4.78, 5) is 25.2. The summed E-state index contributed by atoms with van der Waals surface area (Å²) in [5.74, 6) is 0.907. The fraction of sp³-hybridized carbons (Fsp3) is 0.500. The number of nitrogens with zero attached hydrogens (tertiary/aromatic N) is 1. The number of ether oxygens (including phenoxy) is 1. The van der Waals surface area contributed by atoms with Crippen LogP contribution in [-0.2, 0) is 9.59 Å². The van der Waals surface area contributed by atoms with Crippen LogP contribution in [0.15, 0.2) is 18.2 Å². The molecule has 1 aromatic rings. The Hall–Kier alpha value is -1.84. The van der Waals surface area contributed by atoms with Crippen LogP contribution in [0.5, 0.6) is 5.75 Å². The Balaban J connectivity index is 1.98. The van der Waals surface area contributed by atoms with Crippen molar-refractivity contribution < 1.29 is 14.3 Å². The van der Waals surface area contributed by atoms with E-state index >= 15 is 0 Å². The largest absolute Gasteiger partial charge is 0.481 e. The number of hydrogen-bond acceptors (Lipinski definition) is 3. The number of benzene rings is 1. The van der Waals surface area contributed by atoms with Gasteiger partial charge in [-0.25, -0.2) is 0 Å². The molecule has 4 nitrogen and oxygen atoms in total. The molecule has 1 aromatic carbocycles. The fourth-order valence-corrected chi connectivity index (χ4v) is 2.49. The normalized spacial score (nSPS) is 16.9. The number of ketones is 1. The molecular weight excluding hydrogens is 254 g/mol. The van der Waals surface area contributed by atoms with Crippen LogP contribution in [0.25, 0.3) is 0 Å². The zero-order valence-corrected chi connectivity index (χ0v) is 12.3. The Labute approximate surface area is 119 Å². The molecule has 0 spiro atoms. The molecular formula is C16H21NO3. The van der Waals surface area contributed by atoms with Crippen LogP contribution in [0, 0.1) is 13.8 Å². The number of rotatable bonds is 3. The first-order valence-electron chi connectivity index (χ1n) is 7.01. The van der Waals surface area contributed by atoms with E-state index in [2.05, 4.69) is 6.07 Å². The number of aryl methyl sites for hydroxylation is 2. The summed E-state index contributed by atoms with van der Waals surface area (Å²) in [7, 11) is 0. The maximum atomic E-state index is 12.3. The topological polar surface area (TPSA) is 46.6 Å². The van der Waals surface area contributed by atoms with Gasteiger partial charge in [-0.3, -0.25) is 9.59 Å². The standard InChI is InChI=1S/C16H21NO3/c1-11-8-12(2)10-15(9-11)20-13(3)16(19)17-6-4-14(18)5-7-17/h8-10,13H,4-7H2,1-3H3. The number of piperidine rings is 1. The minimum atomic E-state index is -0.524. The summed E-state index contributed by atoms with van der Waals surface area (Å²) < 4.78 is 5.74. The van der Waals surface area contributed by atoms with Crippen LogP contribution < -0.4 is 4.74 Å².